The van der Waals surface area contributed by atoms with Crippen molar-refractivity contribution < 1.29 is 0 Å². The van der Waals surface area contributed by atoms with E-state index in [0.717, 1.165) is 22.5 Å². The molecule has 2 N–H and O–H groups in total. The zero-order valence-corrected chi connectivity index (χ0v) is 10.0. The van der Waals surface area contributed by atoms with E-state index in [2.05, 4.69) is 44.2 Å². The summed E-state index contributed by atoms with van der Waals surface area (Å²) in [6, 6.07) is 6.18. The molecule has 0 radical (unpaired) electrons. The molecule has 3 nitrogen and oxygen atoms in total. The number of nitrogens with zero attached hydrogens (tertiary/aromatic N) is 1. The first-order valence-corrected chi connectivity index (χ1v) is 5.63. The summed E-state index contributed by atoms with van der Waals surface area (Å²) in [6.07, 6.45) is 4.52. The van der Waals surface area contributed by atoms with Crippen molar-refractivity contribution in [1.82, 2.24) is 9.97 Å². The fraction of sp³-hybridized carbons (Fsp3) is 0.182. The molecule has 0 spiro atoms. The van der Waals surface area contributed by atoms with Crippen molar-refractivity contribution in [3.63, 3.8) is 0 Å². The number of nitrogens with one attached hydrogen (secondary N) is 2. The van der Waals surface area contributed by atoms with Crippen molar-refractivity contribution in [3.8, 4) is 0 Å². The Morgan fingerprint density at radius 3 is 3.00 bits per heavy atom. The van der Waals surface area contributed by atoms with Crippen LogP contribution in [0.15, 0.2) is 35.1 Å². The van der Waals surface area contributed by atoms with Crippen LogP contribution >= 0.6 is 15.9 Å². The van der Waals surface area contributed by atoms with Crippen LogP contribution in [0.3, 0.4) is 0 Å². The maximum absolute atomic E-state index is 4.13. The summed E-state index contributed by atoms with van der Waals surface area (Å²) >= 11 is 3.46. The van der Waals surface area contributed by atoms with Gasteiger partial charge in [0, 0.05) is 22.6 Å². The molecule has 1 heterocycles. The third-order valence-electron chi connectivity index (χ3n) is 2.20. The second-order valence-electron chi connectivity index (χ2n) is 3.22. The highest BCUT2D eigenvalue weighted by atomic mass is 79.9. The molecule has 0 unspecified atom stereocenters. The Hall–Kier alpha value is -1.29. The molecule has 1 aromatic carbocycles. The van der Waals surface area contributed by atoms with Crippen LogP contribution in [0.5, 0.6) is 0 Å². The zero-order valence-electron chi connectivity index (χ0n) is 8.42. The van der Waals surface area contributed by atoms with Crippen molar-refractivity contribution in [2.75, 3.05) is 5.32 Å². The van der Waals surface area contributed by atoms with E-state index < -0.39 is 0 Å². The van der Waals surface area contributed by atoms with Crippen LogP contribution in [0.1, 0.15) is 12.5 Å². The van der Waals surface area contributed by atoms with E-state index in [1.54, 1.807) is 12.4 Å². The molecule has 0 aliphatic carbocycles. The molecule has 4 heteroatoms. The summed E-state index contributed by atoms with van der Waals surface area (Å²) in [4.78, 5) is 7.15. The van der Waals surface area contributed by atoms with E-state index in [1.165, 1.54) is 5.56 Å². The van der Waals surface area contributed by atoms with Crippen molar-refractivity contribution in [1.29, 1.82) is 0 Å². The van der Waals surface area contributed by atoms with Gasteiger partial charge in [0.2, 0.25) is 5.95 Å². The first-order chi connectivity index (χ1) is 7.29. The number of aromatic amines is 1. The van der Waals surface area contributed by atoms with E-state index >= 15 is 0 Å². The van der Waals surface area contributed by atoms with E-state index in [9.17, 15) is 0 Å². The summed E-state index contributed by atoms with van der Waals surface area (Å²) in [5, 5.41) is 3.24. The summed E-state index contributed by atoms with van der Waals surface area (Å²) in [5.41, 5.74) is 2.36. The Labute approximate surface area is 97.1 Å². The number of aromatic nitrogens is 2. The molecule has 0 amide bonds. The number of halogens is 1. The number of aryl methyl sites for hydroxylation is 1. The number of anilines is 2. The van der Waals surface area contributed by atoms with Crippen molar-refractivity contribution >= 4 is 27.6 Å². The first-order valence-electron chi connectivity index (χ1n) is 4.84. The molecule has 0 saturated carbocycles. The Morgan fingerprint density at radius 2 is 2.33 bits per heavy atom. The Balaban J connectivity index is 2.28. The highest BCUT2D eigenvalue weighted by Gasteiger charge is 2.02. The fourth-order valence-electron chi connectivity index (χ4n) is 1.44. The minimum Gasteiger partial charge on any atom is -0.331 e. The first kappa shape index (κ1) is 10.2. The highest BCUT2D eigenvalue weighted by molar-refractivity contribution is 9.10. The van der Waals surface area contributed by atoms with Gasteiger partial charge in [-0.3, -0.25) is 0 Å². The predicted octanol–water partition coefficient (Wildman–Crippen LogP) is 3.48. The normalized spacial score (nSPS) is 10.3. The molecule has 2 aromatic rings. The van der Waals surface area contributed by atoms with Gasteiger partial charge in [0.15, 0.2) is 0 Å². The van der Waals surface area contributed by atoms with E-state index in [0.29, 0.717) is 0 Å². The largest absolute Gasteiger partial charge is 0.331 e. The number of rotatable bonds is 3. The van der Waals surface area contributed by atoms with Crippen molar-refractivity contribution in [2.45, 2.75) is 13.3 Å². The minimum absolute atomic E-state index is 0.770. The lowest BCUT2D eigenvalue weighted by Gasteiger charge is -2.08. The van der Waals surface area contributed by atoms with Gasteiger partial charge >= 0.3 is 0 Å². The molecule has 0 aliphatic heterocycles. The topological polar surface area (TPSA) is 40.7 Å². The zero-order chi connectivity index (χ0) is 10.7. The molecule has 2 rings (SSSR count). The molecule has 78 valence electrons. The molecule has 0 fully saturated rings. The molecule has 0 saturated heterocycles. The van der Waals surface area contributed by atoms with E-state index in [-0.39, 0.29) is 0 Å². The van der Waals surface area contributed by atoms with Crippen LogP contribution in [0.2, 0.25) is 0 Å². The van der Waals surface area contributed by atoms with Crippen LogP contribution in [0.4, 0.5) is 11.6 Å². The number of hydrogen-bond donors (Lipinski definition) is 2. The predicted molar refractivity (Wildman–Crippen MR) is 65.4 cm³/mol. The third-order valence-corrected chi connectivity index (χ3v) is 2.69. The van der Waals surface area contributed by atoms with Crippen LogP contribution < -0.4 is 5.32 Å². The molecular weight excluding hydrogens is 254 g/mol. The number of benzene rings is 1. The summed E-state index contributed by atoms with van der Waals surface area (Å²) in [6.45, 7) is 2.13. The SMILES string of the molecule is CCc1cc(Br)ccc1Nc1ncc[nH]1. The summed E-state index contributed by atoms with van der Waals surface area (Å²) in [5.74, 6) is 0.770. The molecule has 0 atom stereocenters. The third kappa shape index (κ3) is 2.39. The molecule has 0 bridgehead atoms. The van der Waals surface area contributed by atoms with Gasteiger partial charge < -0.3 is 10.3 Å². The quantitative estimate of drug-likeness (QED) is 0.892. The lowest BCUT2D eigenvalue weighted by Crippen LogP contribution is -1.96. The van der Waals surface area contributed by atoms with Gasteiger partial charge in [0.1, 0.15) is 0 Å². The fourth-order valence-corrected chi connectivity index (χ4v) is 1.85. The van der Waals surface area contributed by atoms with Gasteiger partial charge in [-0.1, -0.05) is 22.9 Å². The Morgan fingerprint density at radius 1 is 1.47 bits per heavy atom. The molecule has 0 aliphatic rings. The van der Waals surface area contributed by atoms with Crippen LogP contribution in [0.25, 0.3) is 0 Å². The van der Waals surface area contributed by atoms with Gasteiger partial charge in [0.05, 0.1) is 0 Å². The number of H-pyrrole nitrogens is 1. The molecule has 1 aromatic heterocycles. The number of hydrogen-bond acceptors (Lipinski definition) is 2. The van der Waals surface area contributed by atoms with Crippen molar-refractivity contribution in [3.05, 3.63) is 40.6 Å². The second-order valence-corrected chi connectivity index (χ2v) is 4.13. The van der Waals surface area contributed by atoms with Gasteiger partial charge in [0.25, 0.3) is 0 Å². The Kier molecular flexibility index (Phi) is 3.06. The average molecular weight is 266 g/mol. The van der Waals surface area contributed by atoms with E-state index in [4.69, 9.17) is 0 Å². The maximum Gasteiger partial charge on any atom is 0.204 e. The average Bonchev–Trinajstić information content (AvgIpc) is 2.73. The summed E-state index contributed by atoms with van der Waals surface area (Å²) < 4.78 is 1.10. The van der Waals surface area contributed by atoms with Gasteiger partial charge in [-0.15, -0.1) is 0 Å². The second kappa shape index (κ2) is 4.49. The van der Waals surface area contributed by atoms with E-state index in [1.807, 2.05) is 12.1 Å². The molecule has 15 heavy (non-hydrogen) atoms. The van der Waals surface area contributed by atoms with Gasteiger partial charge in [-0.25, -0.2) is 4.98 Å². The maximum atomic E-state index is 4.13. The smallest absolute Gasteiger partial charge is 0.204 e. The minimum atomic E-state index is 0.770. The highest BCUT2D eigenvalue weighted by Crippen LogP contribution is 2.23. The monoisotopic (exact) mass is 265 g/mol. The number of imidazole rings is 1. The lowest BCUT2D eigenvalue weighted by molar-refractivity contribution is 1.13. The van der Waals surface area contributed by atoms with Crippen LogP contribution in [-0.4, -0.2) is 9.97 Å². The Bertz CT molecular complexity index is 437. The summed E-state index contributed by atoms with van der Waals surface area (Å²) in [7, 11) is 0. The van der Waals surface area contributed by atoms with Gasteiger partial charge in [-0.05, 0) is 30.2 Å². The van der Waals surface area contributed by atoms with Crippen LogP contribution in [0, 0.1) is 0 Å². The lowest BCUT2D eigenvalue weighted by atomic mass is 10.1. The van der Waals surface area contributed by atoms with Crippen LogP contribution in [-0.2, 0) is 6.42 Å². The molecular formula is C11H12BrN3. The standard InChI is InChI=1S/C11H12BrN3/c1-2-8-7-9(12)3-4-10(8)15-11-13-5-6-14-11/h3-7H,2H2,1H3,(H2,13,14,15). The van der Waals surface area contributed by atoms with Gasteiger partial charge in [-0.2, -0.15) is 0 Å². The van der Waals surface area contributed by atoms with Crippen molar-refractivity contribution in [2.24, 2.45) is 0 Å².